The fourth-order valence-electron chi connectivity index (χ4n) is 1.02. The molecule has 0 amide bonds. The first-order valence-corrected chi connectivity index (χ1v) is 3.95. The summed E-state index contributed by atoms with van der Waals surface area (Å²) in [5.74, 6) is -2.13. The van der Waals surface area contributed by atoms with Crippen LogP contribution in [-0.2, 0) is 6.67 Å². The van der Waals surface area contributed by atoms with Gasteiger partial charge >= 0.3 is 6.36 Å². The minimum atomic E-state index is -4.97. The molecule has 4 nitrogen and oxygen atoms in total. The number of aromatic nitrogens is 1. The smallest absolute Gasteiger partial charge is 0.506 e. The summed E-state index contributed by atoms with van der Waals surface area (Å²) >= 11 is 0. The van der Waals surface area contributed by atoms with Gasteiger partial charge in [0.15, 0.2) is 5.75 Å². The largest absolute Gasteiger partial charge is 0.574 e. The molecule has 90 valence electrons. The van der Waals surface area contributed by atoms with Crippen molar-refractivity contribution in [2.45, 2.75) is 13.0 Å². The zero-order valence-corrected chi connectivity index (χ0v) is 8.01. The molecule has 0 atom stereocenters. The number of alkyl halides is 4. The highest BCUT2D eigenvalue weighted by Crippen LogP contribution is 2.37. The average molecular weight is 241 g/mol. The van der Waals surface area contributed by atoms with Crippen molar-refractivity contribution in [3.63, 3.8) is 0 Å². The number of nitrogens with zero attached hydrogens (tertiary/aromatic N) is 1. The second kappa shape index (κ2) is 4.42. The van der Waals surface area contributed by atoms with Gasteiger partial charge in [-0.15, -0.1) is 13.2 Å². The van der Waals surface area contributed by atoms with Crippen molar-refractivity contribution in [3.05, 3.63) is 11.8 Å². The molecule has 0 saturated carbocycles. The zero-order chi connectivity index (χ0) is 12.3. The highest BCUT2D eigenvalue weighted by molar-refractivity contribution is 5.48. The van der Waals surface area contributed by atoms with Crippen LogP contribution >= 0.6 is 0 Å². The summed E-state index contributed by atoms with van der Waals surface area (Å²) < 4.78 is 56.2. The van der Waals surface area contributed by atoms with Gasteiger partial charge in [-0.2, -0.15) is 0 Å². The van der Waals surface area contributed by atoms with Crippen LogP contribution in [0.1, 0.15) is 5.56 Å². The molecule has 0 aliphatic rings. The number of hydrogen-bond donors (Lipinski definition) is 1. The van der Waals surface area contributed by atoms with E-state index >= 15 is 0 Å². The van der Waals surface area contributed by atoms with Crippen molar-refractivity contribution < 1.29 is 32.1 Å². The molecule has 0 aliphatic carbocycles. The predicted octanol–water partition coefficient (Wildman–Crippen LogP) is 2.16. The van der Waals surface area contributed by atoms with E-state index in [-0.39, 0.29) is 0 Å². The number of ether oxygens (including phenoxy) is 2. The normalized spacial score (nSPS) is 11.3. The lowest BCUT2D eigenvalue weighted by molar-refractivity contribution is -0.276. The van der Waals surface area contributed by atoms with Gasteiger partial charge in [0.2, 0.25) is 0 Å². The molecule has 0 bridgehead atoms. The summed E-state index contributed by atoms with van der Waals surface area (Å²) in [5.41, 5.74) is -0.447. The third-order valence-electron chi connectivity index (χ3n) is 1.63. The summed E-state index contributed by atoms with van der Waals surface area (Å²) in [6, 6.07) is 0. The Balaban J connectivity index is 3.19. The first-order chi connectivity index (χ1) is 7.39. The molecule has 1 rings (SSSR count). The average Bonchev–Trinajstić information content (AvgIpc) is 2.18. The molecule has 0 aromatic carbocycles. The van der Waals surface area contributed by atoms with Gasteiger partial charge in [0.1, 0.15) is 12.4 Å². The van der Waals surface area contributed by atoms with Crippen molar-refractivity contribution in [2.75, 3.05) is 7.11 Å². The summed E-state index contributed by atoms with van der Waals surface area (Å²) in [6.07, 6.45) is -4.32. The monoisotopic (exact) mass is 241 g/mol. The summed E-state index contributed by atoms with van der Waals surface area (Å²) in [5, 5.41) is 9.13. The van der Waals surface area contributed by atoms with Crippen LogP contribution in [0.2, 0.25) is 0 Å². The molecule has 0 saturated heterocycles. The number of pyridine rings is 1. The van der Waals surface area contributed by atoms with E-state index in [0.29, 0.717) is 6.20 Å². The molecule has 8 heteroatoms. The van der Waals surface area contributed by atoms with Crippen molar-refractivity contribution in [1.82, 2.24) is 4.98 Å². The van der Waals surface area contributed by atoms with E-state index < -0.39 is 36.0 Å². The van der Waals surface area contributed by atoms with Gasteiger partial charge in [-0.05, 0) is 0 Å². The predicted molar refractivity (Wildman–Crippen MR) is 43.9 cm³/mol. The van der Waals surface area contributed by atoms with Crippen LogP contribution in [0.15, 0.2) is 6.20 Å². The van der Waals surface area contributed by atoms with Crippen molar-refractivity contribution in [2.24, 2.45) is 0 Å². The molecule has 16 heavy (non-hydrogen) atoms. The van der Waals surface area contributed by atoms with E-state index in [4.69, 9.17) is 5.11 Å². The van der Waals surface area contributed by atoms with Gasteiger partial charge in [0.05, 0.1) is 18.9 Å². The van der Waals surface area contributed by atoms with E-state index in [1.807, 2.05) is 0 Å². The lowest BCUT2D eigenvalue weighted by atomic mass is 10.2. The molecular formula is C8H7F4NO3. The Morgan fingerprint density at radius 1 is 1.44 bits per heavy atom. The minimum Gasteiger partial charge on any atom is -0.506 e. The quantitative estimate of drug-likeness (QED) is 0.824. The van der Waals surface area contributed by atoms with Gasteiger partial charge in [0, 0.05) is 0 Å². The van der Waals surface area contributed by atoms with Gasteiger partial charge in [0.25, 0.3) is 5.88 Å². The van der Waals surface area contributed by atoms with Crippen LogP contribution in [0.5, 0.6) is 17.4 Å². The Bertz CT molecular complexity index is 380. The van der Waals surface area contributed by atoms with Gasteiger partial charge in [-0.1, -0.05) is 0 Å². The summed E-state index contributed by atoms with van der Waals surface area (Å²) in [4.78, 5) is 3.16. The summed E-state index contributed by atoms with van der Waals surface area (Å²) in [6.45, 7) is -1.20. The van der Waals surface area contributed by atoms with Crippen LogP contribution in [0.3, 0.4) is 0 Å². The molecule has 1 N–H and O–H groups in total. The van der Waals surface area contributed by atoms with Gasteiger partial charge in [-0.3, -0.25) is 0 Å². The van der Waals surface area contributed by atoms with Crippen LogP contribution in [0, 0.1) is 0 Å². The third kappa shape index (κ3) is 2.65. The zero-order valence-electron chi connectivity index (χ0n) is 8.01. The fourth-order valence-corrected chi connectivity index (χ4v) is 1.02. The maximum atomic E-state index is 12.4. The van der Waals surface area contributed by atoms with Crippen LogP contribution < -0.4 is 9.47 Å². The third-order valence-corrected chi connectivity index (χ3v) is 1.63. The minimum absolute atomic E-state index is 0.447. The van der Waals surface area contributed by atoms with Crippen LogP contribution in [-0.4, -0.2) is 23.6 Å². The Morgan fingerprint density at radius 2 is 2.06 bits per heavy atom. The molecule has 1 aromatic heterocycles. The molecule has 0 aliphatic heterocycles. The number of aromatic hydroxyl groups is 1. The maximum absolute atomic E-state index is 12.4. The molecule has 0 spiro atoms. The maximum Gasteiger partial charge on any atom is 0.574 e. The SMILES string of the molecule is COc1c(OC(F)(F)F)ncc(O)c1CF. The number of halogens is 4. The summed E-state index contributed by atoms with van der Waals surface area (Å²) in [7, 11) is 1.01. The molecule has 0 fully saturated rings. The van der Waals surface area contributed by atoms with Crippen molar-refractivity contribution >= 4 is 0 Å². The number of hydrogen-bond acceptors (Lipinski definition) is 4. The number of rotatable bonds is 3. The Hall–Kier alpha value is -1.73. The Labute approximate surface area is 87.4 Å². The highest BCUT2D eigenvalue weighted by atomic mass is 19.4. The standard InChI is InChI=1S/C8H7F4NO3/c1-15-6-4(2-9)5(14)3-13-7(6)16-8(10,11)12/h3,14H,2H2,1H3. The van der Waals surface area contributed by atoms with Crippen LogP contribution in [0.25, 0.3) is 0 Å². The first kappa shape index (κ1) is 12.3. The molecule has 1 aromatic rings. The lowest BCUT2D eigenvalue weighted by Gasteiger charge is -2.13. The first-order valence-electron chi connectivity index (χ1n) is 3.95. The van der Waals surface area contributed by atoms with E-state index in [0.717, 1.165) is 7.11 Å². The topological polar surface area (TPSA) is 51.6 Å². The molecular weight excluding hydrogens is 234 g/mol. The fraction of sp³-hybridized carbons (Fsp3) is 0.375. The van der Waals surface area contributed by atoms with E-state index in [1.54, 1.807) is 0 Å². The van der Waals surface area contributed by atoms with Crippen molar-refractivity contribution in [1.29, 1.82) is 0 Å². The van der Waals surface area contributed by atoms with Gasteiger partial charge < -0.3 is 14.6 Å². The van der Waals surface area contributed by atoms with E-state index in [2.05, 4.69) is 14.5 Å². The van der Waals surface area contributed by atoms with E-state index in [9.17, 15) is 17.6 Å². The van der Waals surface area contributed by atoms with Crippen LogP contribution in [0.4, 0.5) is 17.6 Å². The Morgan fingerprint density at radius 3 is 2.50 bits per heavy atom. The Kier molecular flexibility index (Phi) is 3.41. The number of methoxy groups -OCH3 is 1. The van der Waals surface area contributed by atoms with E-state index in [1.165, 1.54) is 0 Å². The highest BCUT2D eigenvalue weighted by Gasteiger charge is 2.34. The van der Waals surface area contributed by atoms with Crippen molar-refractivity contribution in [3.8, 4) is 17.4 Å². The second-order valence-electron chi connectivity index (χ2n) is 2.64. The molecule has 0 unspecified atom stereocenters. The molecule has 1 heterocycles. The van der Waals surface area contributed by atoms with Gasteiger partial charge in [-0.25, -0.2) is 9.37 Å². The second-order valence-corrected chi connectivity index (χ2v) is 2.64. The lowest BCUT2D eigenvalue weighted by Crippen LogP contribution is -2.18. The molecule has 0 radical (unpaired) electrons.